The van der Waals surface area contributed by atoms with Gasteiger partial charge in [0.15, 0.2) is 5.89 Å². The first kappa shape index (κ1) is 14.7. The largest absolute Gasteiger partial charge is 0.446 e. The van der Waals surface area contributed by atoms with Crippen molar-refractivity contribution >= 4 is 10.0 Å². The van der Waals surface area contributed by atoms with Crippen molar-refractivity contribution in [3.63, 3.8) is 0 Å². The van der Waals surface area contributed by atoms with Crippen molar-refractivity contribution in [2.24, 2.45) is 0 Å². The maximum Gasteiger partial charge on any atom is 0.240 e. The minimum atomic E-state index is -3.48. The van der Waals surface area contributed by atoms with Crippen LogP contribution in [0.3, 0.4) is 0 Å². The van der Waals surface area contributed by atoms with Gasteiger partial charge in [0.1, 0.15) is 5.76 Å². The van der Waals surface area contributed by atoms with Crippen LogP contribution in [0, 0.1) is 20.8 Å². The fourth-order valence-corrected chi connectivity index (χ4v) is 2.89. The predicted molar refractivity (Wildman–Crippen MR) is 76.0 cm³/mol. The number of nitrogens with zero attached hydrogens (tertiary/aromatic N) is 1. The number of benzene rings is 1. The molecule has 1 N–H and O–H groups in total. The molecule has 2 aromatic rings. The molecular formula is C14H18N2O3S. The van der Waals surface area contributed by atoms with E-state index in [1.54, 1.807) is 31.3 Å². The molecule has 5 nitrogen and oxygen atoms in total. The van der Waals surface area contributed by atoms with Crippen LogP contribution in [0.15, 0.2) is 33.7 Å². The number of oxazole rings is 1. The number of rotatable bonds is 5. The summed E-state index contributed by atoms with van der Waals surface area (Å²) in [6, 6.07) is 5.09. The standard InChI is InChI=1S/C14H18N2O3S/c1-10-4-5-13(8-11(10)2)20(17,18)16-7-6-14-15-9-12(3)19-14/h4-5,8-9,16H,6-7H2,1-3H3. The van der Waals surface area contributed by atoms with Crippen molar-refractivity contribution < 1.29 is 12.8 Å². The van der Waals surface area contributed by atoms with Crippen LogP contribution < -0.4 is 4.72 Å². The average Bonchev–Trinajstić information content (AvgIpc) is 2.78. The van der Waals surface area contributed by atoms with Gasteiger partial charge in [0, 0.05) is 13.0 Å². The molecule has 2 rings (SSSR count). The summed E-state index contributed by atoms with van der Waals surface area (Å²) in [5.74, 6) is 1.25. The highest BCUT2D eigenvalue weighted by atomic mass is 32.2. The highest BCUT2D eigenvalue weighted by molar-refractivity contribution is 7.89. The van der Waals surface area contributed by atoms with E-state index in [2.05, 4.69) is 9.71 Å². The highest BCUT2D eigenvalue weighted by Gasteiger charge is 2.14. The van der Waals surface area contributed by atoms with Crippen LogP contribution >= 0.6 is 0 Å². The van der Waals surface area contributed by atoms with E-state index in [0.29, 0.717) is 12.3 Å². The Balaban J connectivity index is 2.02. The topological polar surface area (TPSA) is 72.2 Å². The van der Waals surface area contributed by atoms with Gasteiger partial charge in [0.2, 0.25) is 10.0 Å². The molecular weight excluding hydrogens is 276 g/mol. The van der Waals surface area contributed by atoms with Gasteiger partial charge in [-0.05, 0) is 44.0 Å². The first-order valence-electron chi connectivity index (χ1n) is 6.37. The number of hydrogen-bond donors (Lipinski definition) is 1. The molecule has 0 radical (unpaired) electrons. The summed E-state index contributed by atoms with van der Waals surface area (Å²) >= 11 is 0. The van der Waals surface area contributed by atoms with Crippen LogP contribution in [0.5, 0.6) is 0 Å². The predicted octanol–water partition coefficient (Wildman–Crippen LogP) is 2.12. The second kappa shape index (κ2) is 5.76. The zero-order valence-electron chi connectivity index (χ0n) is 11.8. The average molecular weight is 294 g/mol. The summed E-state index contributed by atoms with van der Waals surface area (Å²) in [4.78, 5) is 4.31. The molecule has 0 unspecified atom stereocenters. The van der Waals surface area contributed by atoms with Crippen molar-refractivity contribution in [1.29, 1.82) is 0 Å². The number of hydrogen-bond acceptors (Lipinski definition) is 4. The molecule has 108 valence electrons. The molecule has 0 spiro atoms. The van der Waals surface area contributed by atoms with E-state index >= 15 is 0 Å². The third-order valence-corrected chi connectivity index (χ3v) is 4.55. The molecule has 0 bridgehead atoms. The van der Waals surface area contributed by atoms with E-state index in [0.717, 1.165) is 16.9 Å². The molecule has 1 aromatic carbocycles. The Morgan fingerprint density at radius 2 is 1.95 bits per heavy atom. The summed E-state index contributed by atoms with van der Waals surface area (Å²) in [7, 11) is -3.48. The zero-order valence-corrected chi connectivity index (χ0v) is 12.6. The van der Waals surface area contributed by atoms with Gasteiger partial charge < -0.3 is 4.42 Å². The smallest absolute Gasteiger partial charge is 0.240 e. The number of aromatic nitrogens is 1. The third-order valence-electron chi connectivity index (χ3n) is 3.09. The van der Waals surface area contributed by atoms with Crippen LogP contribution in [0.4, 0.5) is 0 Å². The van der Waals surface area contributed by atoms with Crippen LogP contribution in [0.25, 0.3) is 0 Å². The number of nitrogens with one attached hydrogen (secondary N) is 1. The van der Waals surface area contributed by atoms with Crippen LogP contribution in [0.2, 0.25) is 0 Å². The van der Waals surface area contributed by atoms with Crippen LogP contribution in [0.1, 0.15) is 22.8 Å². The molecule has 0 aliphatic carbocycles. The summed E-state index contributed by atoms with van der Waals surface area (Å²) < 4.78 is 32.1. The summed E-state index contributed by atoms with van der Waals surface area (Å²) in [6.07, 6.45) is 2.05. The second-order valence-electron chi connectivity index (χ2n) is 4.76. The lowest BCUT2D eigenvalue weighted by molar-refractivity contribution is 0.469. The maximum absolute atomic E-state index is 12.1. The molecule has 1 heterocycles. The lowest BCUT2D eigenvalue weighted by Crippen LogP contribution is -2.26. The van der Waals surface area contributed by atoms with E-state index in [9.17, 15) is 8.42 Å². The molecule has 0 fully saturated rings. The maximum atomic E-state index is 12.1. The Hall–Kier alpha value is -1.66. The fraction of sp³-hybridized carbons (Fsp3) is 0.357. The number of sulfonamides is 1. The quantitative estimate of drug-likeness (QED) is 0.917. The van der Waals surface area contributed by atoms with Gasteiger partial charge in [-0.25, -0.2) is 18.1 Å². The van der Waals surface area contributed by atoms with Crippen molar-refractivity contribution in [1.82, 2.24) is 9.71 Å². The molecule has 1 aromatic heterocycles. The Labute approximate surface area is 119 Å². The normalized spacial score (nSPS) is 11.8. The lowest BCUT2D eigenvalue weighted by Gasteiger charge is -2.07. The van der Waals surface area contributed by atoms with Gasteiger partial charge in [-0.15, -0.1) is 0 Å². The molecule has 0 aliphatic rings. The minimum absolute atomic E-state index is 0.259. The Morgan fingerprint density at radius 1 is 1.20 bits per heavy atom. The van der Waals surface area contributed by atoms with E-state index in [4.69, 9.17) is 4.42 Å². The summed E-state index contributed by atoms with van der Waals surface area (Å²) in [5.41, 5.74) is 2.02. The van der Waals surface area contributed by atoms with Gasteiger partial charge >= 0.3 is 0 Å². The van der Waals surface area contributed by atoms with Gasteiger partial charge in [0.25, 0.3) is 0 Å². The van der Waals surface area contributed by atoms with Gasteiger partial charge in [-0.1, -0.05) is 6.07 Å². The first-order valence-corrected chi connectivity index (χ1v) is 7.85. The van der Waals surface area contributed by atoms with E-state index < -0.39 is 10.0 Å². The lowest BCUT2D eigenvalue weighted by atomic mass is 10.1. The monoisotopic (exact) mass is 294 g/mol. The molecule has 20 heavy (non-hydrogen) atoms. The van der Waals surface area contributed by atoms with Crippen molar-refractivity contribution in [2.75, 3.05) is 6.54 Å². The SMILES string of the molecule is Cc1cnc(CCNS(=O)(=O)c2ccc(C)c(C)c2)o1. The van der Waals surface area contributed by atoms with Crippen molar-refractivity contribution in [3.05, 3.63) is 47.2 Å². The van der Waals surface area contributed by atoms with E-state index in [1.807, 2.05) is 13.8 Å². The van der Waals surface area contributed by atoms with Gasteiger partial charge in [-0.2, -0.15) is 0 Å². The molecule has 0 amide bonds. The van der Waals surface area contributed by atoms with Crippen molar-refractivity contribution in [2.45, 2.75) is 32.1 Å². The molecule has 0 saturated carbocycles. The molecule has 6 heteroatoms. The van der Waals surface area contributed by atoms with E-state index in [-0.39, 0.29) is 11.4 Å². The van der Waals surface area contributed by atoms with Crippen LogP contribution in [-0.4, -0.2) is 19.9 Å². The summed E-state index contributed by atoms with van der Waals surface area (Å²) in [6.45, 7) is 5.90. The Kier molecular flexibility index (Phi) is 4.25. The second-order valence-corrected chi connectivity index (χ2v) is 6.53. The molecule has 0 saturated heterocycles. The Morgan fingerprint density at radius 3 is 2.55 bits per heavy atom. The summed E-state index contributed by atoms with van der Waals surface area (Å²) in [5, 5.41) is 0. The number of aryl methyl sites for hydroxylation is 3. The minimum Gasteiger partial charge on any atom is -0.446 e. The fourth-order valence-electron chi connectivity index (χ4n) is 1.77. The van der Waals surface area contributed by atoms with Gasteiger partial charge in [-0.3, -0.25) is 0 Å². The van der Waals surface area contributed by atoms with E-state index in [1.165, 1.54) is 0 Å². The van der Waals surface area contributed by atoms with Gasteiger partial charge in [0.05, 0.1) is 11.1 Å². The molecule has 0 aliphatic heterocycles. The highest BCUT2D eigenvalue weighted by Crippen LogP contribution is 2.14. The molecule has 0 atom stereocenters. The zero-order chi connectivity index (χ0) is 14.8. The first-order chi connectivity index (χ1) is 9.38. The van der Waals surface area contributed by atoms with Crippen LogP contribution in [-0.2, 0) is 16.4 Å². The Bertz CT molecular complexity index is 705. The third kappa shape index (κ3) is 3.46. The van der Waals surface area contributed by atoms with Crippen molar-refractivity contribution in [3.8, 4) is 0 Å².